The molecule has 0 fully saturated rings. The summed E-state index contributed by atoms with van der Waals surface area (Å²) < 4.78 is 0. The van der Waals surface area contributed by atoms with Crippen LogP contribution in [0.5, 0.6) is 0 Å². The Morgan fingerprint density at radius 3 is 2.38 bits per heavy atom. The second kappa shape index (κ2) is 14.1. The lowest BCUT2D eigenvalue weighted by Gasteiger charge is -2.23. The SMILES string of the molecule is CCc1nc(Nc2cccc(CCNC(=O)C(C)N(C)C(=O)/C=C/CN(C)C)c2)c(C(N)=O)nc1CC. The van der Waals surface area contributed by atoms with E-state index >= 15 is 0 Å². The summed E-state index contributed by atoms with van der Waals surface area (Å²) >= 11 is 0. The lowest BCUT2D eigenvalue weighted by molar-refractivity contribution is -0.135. The van der Waals surface area contributed by atoms with Gasteiger partial charge in [0.1, 0.15) is 6.04 Å². The van der Waals surface area contributed by atoms with Gasteiger partial charge in [0.05, 0.1) is 11.4 Å². The molecule has 37 heavy (non-hydrogen) atoms. The quantitative estimate of drug-likeness (QED) is 0.352. The summed E-state index contributed by atoms with van der Waals surface area (Å²) in [5.74, 6) is -0.763. The number of aryl methyl sites for hydroxylation is 2. The number of primary amides is 1. The molecule has 0 aliphatic carbocycles. The van der Waals surface area contributed by atoms with Gasteiger partial charge in [0.25, 0.3) is 5.91 Å². The fraction of sp³-hybridized carbons (Fsp3) is 0.444. The Labute approximate surface area is 219 Å². The number of carbonyl (C=O) groups is 3. The van der Waals surface area contributed by atoms with Crippen LogP contribution in [0.1, 0.15) is 48.2 Å². The van der Waals surface area contributed by atoms with Crippen molar-refractivity contribution in [3.63, 3.8) is 0 Å². The van der Waals surface area contributed by atoms with E-state index in [4.69, 9.17) is 5.73 Å². The van der Waals surface area contributed by atoms with E-state index < -0.39 is 11.9 Å². The number of nitrogens with zero attached hydrogens (tertiary/aromatic N) is 4. The maximum absolute atomic E-state index is 12.6. The molecule has 0 radical (unpaired) electrons. The largest absolute Gasteiger partial charge is 0.364 e. The number of aromatic nitrogens is 2. The molecule has 0 saturated carbocycles. The van der Waals surface area contributed by atoms with Crippen LogP contribution in [-0.4, -0.2) is 77.8 Å². The van der Waals surface area contributed by atoms with Crippen molar-refractivity contribution in [3.8, 4) is 0 Å². The lowest BCUT2D eigenvalue weighted by Crippen LogP contribution is -2.45. The monoisotopic (exact) mass is 509 g/mol. The highest BCUT2D eigenvalue weighted by Crippen LogP contribution is 2.21. The van der Waals surface area contributed by atoms with Crippen molar-refractivity contribution >= 4 is 29.2 Å². The molecular formula is C27H39N7O3. The van der Waals surface area contributed by atoms with Gasteiger partial charge in [0.15, 0.2) is 11.5 Å². The predicted octanol–water partition coefficient (Wildman–Crippen LogP) is 2.07. The highest BCUT2D eigenvalue weighted by Gasteiger charge is 2.20. The number of likely N-dealkylation sites (N-methyl/N-ethyl adjacent to an activating group) is 2. The van der Waals surface area contributed by atoms with Gasteiger partial charge in [-0.1, -0.05) is 32.1 Å². The average Bonchev–Trinajstić information content (AvgIpc) is 2.87. The summed E-state index contributed by atoms with van der Waals surface area (Å²) in [6.45, 7) is 6.70. The molecular weight excluding hydrogens is 470 g/mol. The van der Waals surface area contributed by atoms with Crippen LogP contribution in [0.2, 0.25) is 0 Å². The zero-order valence-corrected chi connectivity index (χ0v) is 22.7. The van der Waals surface area contributed by atoms with E-state index in [0.717, 1.165) is 22.6 Å². The van der Waals surface area contributed by atoms with E-state index in [-0.39, 0.29) is 17.5 Å². The molecule has 4 N–H and O–H groups in total. The molecule has 3 amide bonds. The summed E-state index contributed by atoms with van der Waals surface area (Å²) in [5, 5.41) is 6.07. The fourth-order valence-corrected chi connectivity index (χ4v) is 3.60. The summed E-state index contributed by atoms with van der Waals surface area (Å²) in [4.78, 5) is 49.2. The first-order chi connectivity index (χ1) is 17.6. The van der Waals surface area contributed by atoms with Crippen molar-refractivity contribution in [1.82, 2.24) is 25.1 Å². The highest BCUT2D eigenvalue weighted by molar-refractivity contribution is 5.96. The Balaban J connectivity index is 2.00. The van der Waals surface area contributed by atoms with Crippen molar-refractivity contribution in [2.24, 2.45) is 5.73 Å². The topological polar surface area (TPSA) is 134 Å². The van der Waals surface area contributed by atoms with Gasteiger partial charge in [-0.2, -0.15) is 0 Å². The van der Waals surface area contributed by atoms with Crippen LogP contribution in [0.15, 0.2) is 36.4 Å². The number of amides is 3. The van der Waals surface area contributed by atoms with Crippen LogP contribution in [0.4, 0.5) is 11.5 Å². The minimum atomic E-state index is -0.642. The summed E-state index contributed by atoms with van der Waals surface area (Å²) in [7, 11) is 5.44. The Morgan fingerprint density at radius 1 is 1.08 bits per heavy atom. The van der Waals surface area contributed by atoms with Gasteiger partial charge in [0.2, 0.25) is 11.8 Å². The van der Waals surface area contributed by atoms with Crippen LogP contribution in [0.25, 0.3) is 0 Å². The number of nitrogens with one attached hydrogen (secondary N) is 2. The minimum Gasteiger partial charge on any atom is -0.364 e. The molecule has 200 valence electrons. The van der Waals surface area contributed by atoms with E-state index in [1.165, 1.54) is 11.0 Å². The van der Waals surface area contributed by atoms with Gasteiger partial charge in [-0.3, -0.25) is 14.4 Å². The molecule has 0 bridgehead atoms. The first-order valence-electron chi connectivity index (χ1n) is 12.5. The van der Waals surface area contributed by atoms with Crippen molar-refractivity contribution in [2.45, 2.75) is 46.1 Å². The Hall–Kier alpha value is -3.79. The van der Waals surface area contributed by atoms with Gasteiger partial charge >= 0.3 is 0 Å². The van der Waals surface area contributed by atoms with E-state index in [1.54, 1.807) is 20.0 Å². The van der Waals surface area contributed by atoms with Gasteiger partial charge in [0, 0.05) is 31.9 Å². The molecule has 1 aromatic heterocycles. The molecule has 1 heterocycles. The van der Waals surface area contributed by atoms with Crippen molar-refractivity contribution in [2.75, 3.05) is 39.5 Å². The molecule has 1 unspecified atom stereocenters. The Morgan fingerprint density at radius 2 is 1.76 bits per heavy atom. The standard InChI is InChI=1S/C27H39N7O3/c1-7-21-22(8-2)32-26(24(31-21)25(28)36)30-20-12-9-11-19(17-20)14-15-29-27(37)18(3)34(6)23(35)13-10-16-33(4)5/h9-13,17-18H,7-8,14-16H2,1-6H3,(H2,28,36)(H,29,37)(H,30,32)/b13-10+. The Bertz CT molecular complexity index is 1130. The van der Waals surface area contributed by atoms with Gasteiger partial charge in [-0.25, -0.2) is 9.97 Å². The van der Waals surface area contributed by atoms with Crippen LogP contribution >= 0.6 is 0 Å². The highest BCUT2D eigenvalue weighted by atomic mass is 16.2. The molecule has 0 saturated heterocycles. The molecule has 0 aliphatic heterocycles. The predicted molar refractivity (Wildman–Crippen MR) is 146 cm³/mol. The average molecular weight is 510 g/mol. The van der Waals surface area contributed by atoms with Gasteiger partial charge in [-0.15, -0.1) is 0 Å². The normalized spacial score (nSPS) is 12.0. The number of nitrogens with two attached hydrogens (primary N) is 1. The first kappa shape index (κ1) is 29.4. The molecule has 1 atom stereocenters. The lowest BCUT2D eigenvalue weighted by atomic mass is 10.1. The molecule has 1 aromatic carbocycles. The van der Waals surface area contributed by atoms with E-state index in [2.05, 4.69) is 20.6 Å². The van der Waals surface area contributed by atoms with Crippen LogP contribution in [0.3, 0.4) is 0 Å². The number of hydrogen-bond donors (Lipinski definition) is 3. The van der Waals surface area contributed by atoms with Crippen LogP contribution < -0.4 is 16.4 Å². The molecule has 2 aromatic rings. The third kappa shape index (κ3) is 8.68. The van der Waals surface area contributed by atoms with Crippen LogP contribution in [0, 0.1) is 0 Å². The molecule has 0 spiro atoms. The smallest absolute Gasteiger partial charge is 0.271 e. The molecule has 0 aliphatic rings. The molecule has 2 rings (SSSR count). The second-order valence-electron chi connectivity index (χ2n) is 9.04. The maximum atomic E-state index is 12.6. The van der Waals surface area contributed by atoms with Crippen molar-refractivity contribution in [1.29, 1.82) is 0 Å². The zero-order valence-electron chi connectivity index (χ0n) is 22.7. The number of benzene rings is 1. The van der Waals surface area contributed by atoms with Crippen molar-refractivity contribution in [3.05, 3.63) is 59.1 Å². The van der Waals surface area contributed by atoms with E-state index in [1.807, 2.05) is 57.1 Å². The number of anilines is 2. The van der Waals surface area contributed by atoms with E-state index in [0.29, 0.717) is 38.2 Å². The van der Waals surface area contributed by atoms with Gasteiger partial charge < -0.3 is 26.2 Å². The second-order valence-corrected chi connectivity index (χ2v) is 9.04. The molecule has 10 nitrogen and oxygen atoms in total. The maximum Gasteiger partial charge on any atom is 0.271 e. The van der Waals surface area contributed by atoms with Gasteiger partial charge in [-0.05, 0) is 58.0 Å². The minimum absolute atomic E-state index is 0.107. The third-order valence-electron chi connectivity index (χ3n) is 5.90. The Kier molecular flexibility index (Phi) is 11.2. The van der Waals surface area contributed by atoms with Crippen LogP contribution in [-0.2, 0) is 28.9 Å². The van der Waals surface area contributed by atoms with E-state index in [9.17, 15) is 14.4 Å². The first-order valence-corrected chi connectivity index (χ1v) is 12.5. The summed E-state index contributed by atoms with van der Waals surface area (Å²) in [6, 6.07) is 7.01. The zero-order chi connectivity index (χ0) is 27.5. The third-order valence-corrected chi connectivity index (χ3v) is 5.90. The van der Waals surface area contributed by atoms with Crippen molar-refractivity contribution < 1.29 is 14.4 Å². The summed E-state index contributed by atoms with van der Waals surface area (Å²) in [5.41, 5.74) is 8.95. The number of hydrogen-bond acceptors (Lipinski definition) is 7. The fourth-order valence-electron chi connectivity index (χ4n) is 3.60. The molecule has 10 heteroatoms. The summed E-state index contributed by atoms with van der Waals surface area (Å²) in [6.07, 6.45) is 5.18. The number of rotatable bonds is 13. The number of carbonyl (C=O) groups excluding carboxylic acids is 3.